The SMILES string of the molecule is COc1ccc(N(C)CC2CCCN2)c(C)c1C. The Labute approximate surface area is 110 Å². The van der Waals surface area contributed by atoms with Crippen molar-refractivity contribution in [3.63, 3.8) is 0 Å². The molecule has 100 valence electrons. The summed E-state index contributed by atoms with van der Waals surface area (Å²) in [5.41, 5.74) is 3.86. The maximum Gasteiger partial charge on any atom is 0.122 e. The number of ether oxygens (including phenoxy) is 1. The molecule has 1 aromatic rings. The Balaban J connectivity index is 2.14. The van der Waals surface area contributed by atoms with E-state index in [0.29, 0.717) is 6.04 Å². The maximum atomic E-state index is 5.36. The van der Waals surface area contributed by atoms with Crippen molar-refractivity contribution in [1.82, 2.24) is 5.32 Å². The zero-order valence-corrected chi connectivity index (χ0v) is 11.9. The Morgan fingerprint density at radius 2 is 2.11 bits per heavy atom. The lowest BCUT2D eigenvalue weighted by Gasteiger charge is -2.26. The minimum Gasteiger partial charge on any atom is -0.496 e. The summed E-state index contributed by atoms with van der Waals surface area (Å²) in [6.45, 7) is 6.54. The molecule has 0 aromatic heterocycles. The molecule has 0 bridgehead atoms. The van der Waals surface area contributed by atoms with Crippen LogP contribution in [0.3, 0.4) is 0 Å². The van der Waals surface area contributed by atoms with Crippen LogP contribution in [0.1, 0.15) is 24.0 Å². The van der Waals surface area contributed by atoms with Crippen LogP contribution in [0, 0.1) is 13.8 Å². The van der Waals surface area contributed by atoms with Gasteiger partial charge in [0.25, 0.3) is 0 Å². The van der Waals surface area contributed by atoms with Crippen LogP contribution in [0.15, 0.2) is 12.1 Å². The third kappa shape index (κ3) is 2.61. The fourth-order valence-corrected chi connectivity index (χ4v) is 2.76. The van der Waals surface area contributed by atoms with Crippen LogP contribution in [0.2, 0.25) is 0 Å². The molecule has 1 aliphatic heterocycles. The quantitative estimate of drug-likeness (QED) is 0.886. The van der Waals surface area contributed by atoms with Gasteiger partial charge in [0.1, 0.15) is 5.75 Å². The molecule has 2 rings (SSSR count). The van der Waals surface area contributed by atoms with E-state index in [1.165, 1.54) is 36.2 Å². The fraction of sp³-hybridized carbons (Fsp3) is 0.600. The van der Waals surface area contributed by atoms with Gasteiger partial charge in [-0.05, 0) is 56.5 Å². The molecule has 0 amide bonds. The lowest BCUT2D eigenvalue weighted by Crippen LogP contribution is -2.35. The molecule has 0 saturated carbocycles. The van der Waals surface area contributed by atoms with Crippen LogP contribution in [0.25, 0.3) is 0 Å². The first-order chi connectivity index (χ1) is 8.63. The molecule has 1 aliphatic rings. The van der Waals surface area contributed by atoms with Crippen LogP contribution in [-0.4, -0.2) is 33.3 Å². The van der Waals surface area contributed by atoms with Gasteiger partial charge in [-0.2, -0.15) is 0 Å². The van der Waals surface area contributed by atoms with E-state index in [-0.39, 0.29) is 0 Å². The van der Waals surface area contributed by atoms with E-state index in [9.17, 15) is 0 Å². The molecule has 18 heavy (non-hydrogen) atoms. The molecule has 1 heterocycles. The number of benzene rings is 1. The molecule has 1 N–H and O–H groups in total. The zero-order chi connectivity index (χ0) is 13.1. The second-order valence-corrected chi connectivity index (χ2v) is 5.21. The number of methoxy groups -OCH3 is 1. The summed E-state index contributed by atoms with van der Waals surface area (Å²) in [6.07, 6.45) is 2.59. The van der Waals surface area contributed by atoms with Crippen LogP contribution in [-0.2, 0) is 0 Å². The topological polar surface area (TPSA) is 24.5 Å². The third-order valence-corrected chi connectivity index (χ3v) is 4.00. The van der Waals surface area contributed by atoms with Gasteiger partial charge in [-0.15, -0.1) is 0 Å². The lowest BCUT2D eigenvalue weighted by molar-refractivity contribution is 0.411. The summed E-state index contributed by atoms with van der Waals surface area (Å²) in [4.78, 5) is 2.35. The minimum atomic E-state index is 0.636. The van der Waals surface area contributed by atoms with Gasteiger partial charge in [0.2, 0.25) is 0 Å². The molecule has 1 atom stereocenters. The normalized spacial score (nSPS) is 19.0. The summed E-state index contributed by atoms with van der Waals surface area (Å²) >= 11 is 0. The predicted molar refractivity (Wildman–Crippen MR) is 76.8 cm³/mol. The highest BCUT2D eigenvalue weighted by atomic mass is 16.5. The smallest absolute Gasteiger partial charge is 0.122 e. The molecule has 1 unspecified atom stereocenters. The van der Waals surface area contributed by atoms with E-state index in [2.05, 4.69) is 43.2 Å². The lowest BCUT2D eigenvalue weighted by atomic mass is 10.1. The Morgan fingerprint density at radius 3 is 2.72 bits per heavy atom. The Kier molecular flexibility index (Phi) is 4.12. The van der Waals surface area contributed by atoms with E-state index in [4.69, 9.17) is 4.74 Å². The summed E-state index contributed by atoms with van der Waals surface area (Å²) in [5.74, 6) is 0.976. The zero-order valence-electron chi connectivity index (χ0n) is 11.9. The van der Waals surface area contributed by atoms with Crippen molar-refractivity contribution in [2.45, 2.75) is 32.7 Å². The molecule has 0 radical (unpaired) electrons. The van der Waals surface area contributed by atoms with Crippen molar-refractivity contribution >= 4 is 5.69 Å². The minimum absolute atomic E-state index is 0.636. The molecule has 1 saturated heterocycles. The van der Waals surface area contributed by atoms with Crippen LogP contribution >= 0.6 is 0 Å². The molecule has 1 fully saturated rings. The van der Waals surface area contributed by atoms with Gasteiger partial charge >= 0.3 is 0 Å². The van der Waals surface area contributed by atoms with Crippen molar-refractivity contribution in [2.24, 2.45) is 0 Å². The van der Waals surface area contributed by atoms with Crippen LogP contribution < -0.4 is 15.0 Å². The number of hydrogen-bond acceptors (Lipinski definition) is 3. The molecule has 3 nitrogen and oxygen atoms in total. The van der Waals surface area contributed by atoms with Crippen LogP contribution in [0.5, 0.6) is 5.75 Å². The second kappa shape index (κ2) is 5.61. The molecule has 0 spiro atoms. The average molecular weight is 248 g/mol. The van der Waals surface area contributed by atoms with Gasteiger partial charge in [0, 0.05) is 25.3 Å². The predicted octanol–water partition coefficient (Wildman–Crippen LogP) is 2.50. The molecule has 1 aromatic carbocycles. The first-order valence-electron chi connectivity index (χ1n) is 6.72. The van der Waals surface area contributed by atoms with E-state index in [1.807, 2.05) is 0 Å². The van der Waals surface area contributed by atoms with Gasteiger partial charge in [0.05, 0.1) is 7.11 Å². The van der Waals surface area contributed by atoms with Gasteiger partial charge in [0.15, 0.2) is 0 Å². The Hall–Kier alpha value is -1.22. The molecule has 0 aliphatic carbocycles. The third-order valence-electron chi connectivity index (χ3n) is 4.00. The maximum absolute atomic E-state index is 5.36. The van der Waals surface area contributed by atoms with Gasteiger partial charge in [-0.3, -0.25) is 0 Å². The summed E-state index contributed by atoms with van der Waals surface area (Å²) in [6, 6.07) is 4.86. The standard InChI is InChI=1S/C15H24N2O/c1-11-12(2)15(18-4)8-7-14(11)17(3)10-13-6-5-9-16-13/h7-8,13,16H,5-6,9-10H2,1-4H3. The second-order valence-electron chi connectivity index (χ2n) is 5.21. The number of nitrogens with zero attached hydrogens (tertiary/aromatic N) is 1. The first-order valence-corrected chi connectivity index (χ1v) is 6.72. The monoisotopic (exact) mass is 248 g/mol. The number of rotatable bonds is 4. The average Bonchev–Trinajstić information content (AvgIpc) is 2.85. The highest BCUT2D eigenvalue weighted by Gasteiger charge is 2.17. The number of nitrogens with one attached hydrogen (secondary N) is 1. The highest BCUT2D eigenvalue weighted by Crippen LogP contribution is 2.29. The Bertz CT molecular complexity index is 411. The molecular weight excluding hydrogens is 224 g/mol. The number of hydrogen-bond donors (Lipinski definition) is 1. The summed E-state index contributed by atoms with van der Waals surface area (Å²) < 4.78 is 5.36. The van der Waals surface area contributed by atoms with Crippen molar-refractivity contribution in [1.29, 1.82) is 0 Å². The van der Waals surface area contributed by atoms with Gasteiger partial charge in [-0.25, -0.2) is 0 Å². The van der Waals surface area contributed by atoms with Crippen LogP contribution in [0.4, 0.5) is 5.69 Å². The number of likely N-dealkylation sites (N-methyl/N-ethyl adjacent to an activating group) is 1. The number of anilines is 1. The van der Waals surface area contributed by atoms with Crippen molar-refractivity contribution in [3.8, 4) is 5.75 Å². The van der Waals surface area contributed by atoms with Gasteiger partial charge in [-0.1, -0.05) is 0 Å². The van der Waals surface area contributed by atoms with Crippen molar-refractivity contribution in [2.75, 3.05) is 32.1 Å². The van der Waals surface area contributed by atoms with Gasteiger partial charge < -0.3 is 15.0 Å². The molecular formula is C15H24N2O. The first kappa shape index (κ1) is 13.2. The Morgan fingerprint density at radius 1 is 1.33 bits per heavy atom. The van der Waals surface area contributed by atoms with Crippen molar-refractivity contribution < 1.29 is 4.74 Å². The highest BCUT2D eigenvalue weighted by molar-refractivity contribution is 5.59. The van der Waals surface area contributed by atoms with Crippen molar-refractivity contribution in [3.05, 3.63) is 23.3 Å². The largest absolute Gasteiger partial charge is 0.496 e. The van der Waals surface area contributed by atoms with E-state index < -0.39 is 0 Å². The summed E-state index contributed by atoms with van der Waals surface area (Å²) in [5, 5.41) is 3.55. The molecule has 3 heteroatoms. The summed E-state index contributed by atoms with van der Waals surface area (Å²) in [7, 11) is 3.90. The van der Waals surface area contributed by atoms with E-state index in [0.717, 1.165) is 12.3 Å². The van der Waals surface area contributed by atoms with E-state index in [1.54, 1.807) is 7.11 Å². The fourth-order valence-electron chi connectivity index (χ4n) is 2.76. The van der Waals surface area contributed by atoms with E-state index >= 15 is 0 Å².